The molecule has 0 unspecified atom stereocenters. The van der Waals surface area contributed by atoms with Gasteiger partial charge in [-0.05, 0) is 24.1 Å². The van der Waals surface area contributed by atoms with Crippen LogP contribution in [0.2, 0.25) is 6.04 Å². The summed E-state index contributed by atoms with van der Waals surface area (Å²) in [6.07, 6.45) is 0.719. The van der Waals surface area contributed by atoms with Crippen molar-refractivity contribution in [1.82, 2.24) is 0 Å². The van der Waals surface area contributed by atoms with E-state index < -0.39 is 44.8 Å². The van der Waals surface area contributed by atoms with E-state index in [1.54, 1.807) is 0 Å². The molecule has 0 aromatic heterocycles. The molecule has 25 heavy (non-hydrogen) atoms. The lowest BCUT2D eigenvalue weighted by Crippen LogP contribution is -2.49. The number of hydrogen-bond acceptors (Lipinski definition) is 6. The minimum absolute atomic E-state index is 0.0477. The highest BCUT2D eigenvalue weighted by atomic mass is 28.4. The number of halogens is 2. The Morgan fingerprint density at radius 3 is 1.92 bits per heavy atom. The average molecular weight is 374 g/mol. The number of carbonyl (C=O) groups excluding carboxylic acids is 3. The minimum Gasteiger partial charge on any atom is -0.455 e. The predicted molar refractivity (Wildman–Crippen MR) is 85.2 cm³/mol. The Hall–Kier alpha value is -2.29. The van der Waals surface area contributed by atoms with Crippen molar-refractivity contribution < 1.29 is 36.4 Å². The molecule has 138 valence electrons. The van der Waals surface area contributed by atoms with Gasteiger partial charge in [0.25, 0.3) is 11.9 Å². The molecule has 0 fully saturated rings. The smallest absolute Gasteiger partial charge is 0.455 e. The fourth-order valence-corrected chi connectivity index (χ4v) is 4.65. The first-order valence-corrected chi connectivity index (χ1v) is 9.65. The van der Waals surface area contributed by atoms with E-state index in [-0.39, 0.29) is 11.6 Å². The van der Waals surface area contributed by atoms with Crippen molar-refractivity contribution in [3.05, 3.63) is 35.4 Å². The zero-order chi connectivity index (χ0) is 19.0. The van der Waals surface area contributed by atoms with Gasteiger partial charge in [-0.3, -0.25) is 14.4 Å². The summed E-state index contributed by atoms with van der Waals surface area (Å²) in [5, 5.41) is 0. The van der Waals surface area contributed by atoms with E-state index in [4.69, 9.17) is 13.3 Å². The van der Waals surface area contributed by atoms with Gasteiger partial charge in [0, 0.05) is 19.9 Å². The maximum absolute atomic E-state index is 13.2. The van der Waals surface area contributed by atoms with Gasteiger partial charge in [-0.1, -0.05) is 13.3 Å². The first-order chi connectivity index (χ1) is 11.7. The first kappa shape index (κ1) is 20.8. The Bertz CT molecular complexity index is 613. The molecule has 0 aliphatic heterocycles. The third kappa shape index (κ3) is 7.42. The van der Waals surface area contributed by atoms with Gasteiger partial charge in [0.15, 0.2) is 0 Å². The number of hydrogen-bond donors (Lipinski definition) is 0. The van der Waals surface area contributed by atoms with Crippen molar-refractivity contribution >= 4 is 26.7 Å². The molecule has 1 aromatic rings. The molecule has 0 spiro atoms. The van der Waals surface area contributed by atoms with Crippen LogP contribution in [0, 0.1) is 11.6 Å². The van der Waals surface area contributed by atoms with Gasteiger partial charge >= 0.3 is 14.8 Å². The lowest BCUT2D eigenvalue weighted by molar-refractivity contribution is -0.148. The highest BCUT2D eigenvalue weighted by Crippen LogP contribution is 2.21. The highest BCUT2D eigenvalue weighted by molar-refractivity contribution is 6.65. The molecule has 0 aliphatic rings. The normalized spacial score (nSPS) is 10.9. The maximum atomic E-state index is 13.2. The van der Waals surface area contributed by atoms with Crippen molar-refractivity contribution in [3.8, 4) is 0 Å². The number of unbranched alkanes of at least 4 members (excludes halogenated alkanes) is 1. The highest BCUT2D eigenvalue weighted by Gasteiger charge is 2.51. The van der Waals surface area contributed by atoms with Crippen LogP contribution in [0.3, 0.4) is 0 Å². The van der Waals surface area contributed by atoms with Gasteiger partial charge in [0.05, 0.1) is 12.5 Å². The van der Waals surface area contributed by atoms with Gasteiger partial charge in [-0.15, -0.1) is 0 Å². The Kier molecular flexibility index (Phi) is 7.68. The fourth-order valence-electron chi connectivity index (χ4n) is 2.14. The molecular weight excluding hydrogens is 354 g/mol. The van der Waals surface area contributed by atoms with Gasteiger partial charge in [-0.2, -0.15) is 0 Å². The topological polar surface area (TPSA) is 78.9 Å². The Morgan fingerprint density at radius 2 is 1.48 bits per heavy atom. The van der Waals surface area contributed by atoms with Crippen molar-refractivity contribution in [2.24, 2.45) is 0 Å². The van der Waals surface area contributed by atoms with Crippen LogP contribution in [0.4, 0.5) is 8.78 Å². The third-order valence-electron chi connectivity index (χ3n) is 2.98. The molecule has 0 heterocycles. The third-order valence-corrected chi connectivity index (χ3v) is 5.68. The predicted octanol–water partition coefficient (Wildman–Crippen LogP) is 2.92. The molecular formula is C16H20F2O6Si. The minimum atomic E-state index is -3.92. The van der Waals surface area contributed by atoms with Crippen molar-refractivity contribution in [3.63, 3.8) is 0 Å². The summed E-state index contributed by atoms with van der Waals surface area (Å²) >= 11 is 0. The maximum Gasteiger partial charge on any atom is 0.705 e. The summed E-state index contributed by atoms with van der Waals surface area (Å²) in [4.78, 5) is 34.9. The standard InChI is InChI=1S/C16H20F2O6Si/c1-4-5-6-25(22-11(2)19,23-12(3)20)24-16(21)9-13-7-14(17)10-15(18)8-13/h7-8,10H,4-6,9H2,1-3H3. The zero-order valence-electron chi connectivity index (χ0n) is 14.3. The molecule has 0 radical (unpaired) electrons. The summed E-state index contributed by atoms with van der Waals surface area (Å²) in [5.74, 6) is -4.09. The molecule has 0 N–H and O–H groups in total. The largest absolute Gasteiger partial charge is 0.705 e. The average Bonchev–Trinajstić information content (AvgIpc) is 2.42. The van der Waals surface area contributed by atoms with E-state index in [0.29, 0.717) is 18.9 Å². The van der Waals surface area contributed by atoms with E-state index in [2.05, 4.69) is 0 Å². The lowest BCUT2D eigenvalue weighted by Gasteiger charge is -2.26. The van der Waals surface area contributed by atoms with Crippen LogP contribution < -0.4 is 0 Å². The molecule has 1 rings (SSSR count). The van der Waals surface area contributed by atoms with E-state index in [1.807, 2.05) is 6.92 Å². The zero-order valence-corrected chi connectivity index (χ0v) is 15.3. The van der Waals surface area contributed by atoms with Gasteiger partial charge in [0.1, 0.15) is 11.6 Å². The number of carbonyl (C=O) groups is 3. The van der Waals surface area contributed by atoms with Crippen molar-refractivity contribution in [2.45, 2.75) is 46.1 Å². The summed E-state index contributed by atoms with van der Waals surface area (Å²) in [6.45, 7) is 4.07. The van der Waals surface area contributed by atoms with Gasteiger partial charge in [-0.25, -0.2) is 8.78 Å². The summed E-state index contributed by atoms with van der Waals surface area (Å²) in [7, 11) is -3.92. The molecule has 0 amide bonds. The molecule has 0 atom stereocenters. The van der Waals surface area contributed by atoms with Crippen LogP contribution in [-0.4, -0.2) is 26.7 Å². The lowest BCUT2D eigenvalue weighted by atomic mass is 10.1. The van der Waals surface area contributed by atoms with Crippen molar-refractivity contribution in [1.29, 1.82) is 0 Å². The molecule has 6 nitrogen and oxygen atoms in total. The number of rotatable bonds is 8. The molecule has 0 aliphatic carbocycles. The van der Waals surface area contributed by atoms with Gasteiger partial charge in [0.2, 0.25) is 0 Å². The first-order valence-electron chi connectivity index (χ1n) is 7.71. The SMILES string of the molecule is CCCC[Si](OC(C)=O)(OC(C)=O)OC(=O)Cc1cc(F)cc(F)c1. The fraction of sp³-hybridized carbons (Fsp3) is 0.438. The van der Waals surface area contributed by atoms with E-state index >= 15 is 0 Å². The monoisotopic (exact) mass is 374 g/mol. The second-order valence-corrected chi connectivity index (χ2v) is 7.88. The Balaban J connectivity index is 2.98. The summed E-state index contributed by atoms with van der Waals surface area (Å²) in [6, 6.07) is 2.72. The van der Waals surface area contributed by atoms with Crippen LogP contribution in [0.1, 0.15) is 39.2 Å². The molecule has 1 aromatic carbocycles. The molecule has 9 heteroatoms. The second-order valence-electron chi connectivity index (χ2n) is 5.40. The van der Waals surface area contributed by atoms with Crippen LogP contribution in [0.5, 0.6) is 0 Å². The summed E-state index contributed by atoms with van der Waals surface area (Å²) < 4.78 is 41.8. The van der Waals surface area contributed by atoms with Crippen LogP contribution in [0.15, 0.2) is 18.2 Å². The summed E-state index contributed by atoms with van der Waals surface area (Å²) in [5.41, 5.74) is 0.0477. The van der Waals surface area contributed by atoms with Crippen LogP contribution >= 0.6 is 0 Å². The van der Waals surface area contributed by atoms with Gasteiger partial charge < -0.3 is 13.3 Å². The molecule has 0 saturated heterocycles. The quantitative estimate of drug-likeness (QED) is 0.651. The van der Waals surface area contributed by atoms with E-state index in [0.717, 1.165) is 26.0 Å². The Labute approximate surface area is 145 Å². The van der Waals surface area contributed by atoms with Crippen LogP contribution in [-0.2, 0) is 34.1 Å². The Morgan fingerprint density at radius 1 is 0.960 bits per heavy atom. The van der Waals surface area contributed by atoms with E-state index in [1.165, 1.54) is 0 Å². The molecule has 0 bridgehead atoms. The molecule has 0 saturated carbocycles. The van der Waals surface area contributed by atoms with Crippen LogP contribution in [0.25, 0.3) is 0 Å². The van der Waals surface area contributed by atoms with E-state index in [9.17, 15) is 23.2 Å². The number of benzene rings is 1. The van der Waals surface area contributed by atoms with Crippen molar-refractivity contribution in [2.75, 3.05) is 0 Å². The second kappa shape index (κ2) is 9.26.